The van der Waals surface area contributed by atoms with Crippen molar-refractivity contribution in [1.82, 2.24) is 5.32 Å². The minimum atomic E-state index is -1.03. The highest BCUT2D eigenvalue weighted by Crippen LogP contribution is 2.20. The monoisotopic (exact) mass is 291 g/mol. The number of carbonyl (C=O) groups excluding carboxylic acids is 1. The van der Waals surface area contributed by atoms with E-state index in [1.165, 1.54) is 25.0 Å². The smallest absolute Gasteiger partial charge is 0.335 e. The first-order valence-electron chi connectivity index (χ1n) is 7.40. The summed E-state index contributed by atoms with van der Waals surface area (Å²) in [6.07, 6.45) is 5.96. The molecule has 0 atom stereocenters. The van der Waals surface area contributed by atoms with E-state index in [1.807, 2.05) is 0 Å². The number of carboxylic acid groups (broad SMARTS) is 1. The Balaban J connectivity index is 1.69. The molecule has 0 saturated heterocycles. The van der Waals surface area contributed by atoms with Gasteiger partial charge in [0.2, 0.25) is 0 Å². The maximum absolute atomic E-state index is 11.9. The Kier molecular flexibility index (Phi) is 5.75. The molecule has 0 bridgehead atoms. The molecule has 5 heteroatoms. The van der Waals surface area contributed by atoms with Gasteiger partial charge in [-0.05, 0) is 37.5 Å². The molecule has 114 valence electrons. The highest BCUT2D eigenvalue weighted by molar-refractivity contribution is 5.97. The van der Waals surface area contributed by atoms with Crippen LogP contribution in [-0.2, 0) is 4.74 Å². The second-order valence-corrected chi connectivity index (χ2v) is 5.27. The summed E-state index contributed by atoms with van der Waals surface area (Å²) in [4.78, 5) is 22.7. The van der Waals surface area contributed by atoms with Crippen molar-refractivity contribution in [2.24, 2.45) is 0 Å². The van der Waals surface area contributed by atoms with E-state index in [-0.39, 0.29) is 11.5 Å². The molecule has 0 aliphatic heterocycles. The number of benzene rings is 1. The average molecular weight is 291 g/mol. The summed E-state index contributed by atoms with van der Waals surface area (Å²) in [5.74, 6) is -1.28. The molecule has 1 aliphatic carbocycles. The number of nitrogens with one attached hydrogen (secondary N) is 1. The molecule has 0 heterocycles. The number of rotatable bonds is 7. The molecule has 0 aromatic heterocycles. The first-order valence-corrected chi connectivity index (χ1v) is 7.40. The summed E-state index contributed by atoms with van der Waals surface area (Å²) in [5.41, 5.74) is 0.485. The number of ether oxygens (including phenoxy) is 1. The molecule has 0 spiro atoms. The second-order valence-electron chi connectivity index (χ2n) is 5.27. The van der Waals surface area contributed by atoms with Crippen LogP contribution < -0.4 is 5.32 Å². The molecular weight excluding hydrogens is 270 g/mol. The fourth-order valence-electron chi connectivity index (χ4n) is 2.47. The minimum absolute atomic E-state index is 0.118. The number of amides is 1. The van der Waals surface area contributed by atoms with Gasteiger partial charge in [-0.15, -0.1) is 0 Å². The molecule has 2 N–H and O–H groups in total. The molecule has 2 rings (SSSR count). The Hall–Kier alpha value is -1.88. The van der Waals surface area contributed by atoms with E-state index < -0.39 is 5.97 Å². The fourth-order valence-corrected chi connectivity index (χ4v) is 2.47. The van der Waals surface area contributed by atoms with E-state index in [9.17, 15) is 9.59 Å². The van der Waals surface area contributed by atoms with Gasteiger partial charge in [0.25, 0.3) is 5.91 Å². The lowest BCUT2D eigenvalue weighted by atomic mass is 10.1. The van der Waals surface area contributed by atoms with Crippen molar-refractivity contribution in [2.45, 2.75) is 38.2 Å². The van der Waals surface area contributed by atoms with Gasteiger partial charge in [-0.1, -0.05) is 18.9 Å². The standard InChI is InChI=1S/C16H21NO4/c18-15(12-5-3-6-13(11-12)16(19)20)17-9-4-10-21-14-7-1-2-8-14/h3,5-6,11,14H,1-2,4,7-10H2,(H,17,18)(H,19,20). The van der Waals surface area contributed by atoms with Crippen LogP contribution in [-0.4, -0.2) is 36.2 Å². The zero-order valence-electron chi connectivity index (χ0n) is 12.0. The second kappa shape index (κ2) is 7.78. The van der Waals surface area contributed by atoms with E-state index >= 15 is 0 Å². The highest BCUT2D eigenvalue weighted by Gasteiger charge is 2.14. The molecule has 1 fully saturated rings. The van der Waals surface area contributed by atoms with Gasteiger partial charge in [-0.25, -0.2) is 4.79 Å². The molecule has 0 radical (unpaired) electrons. The molecule has 1 saturated carbocycles. The van der Waals surface area contributed by atoms with Crippen LogP contribution in [0.25, 0.3) is 0 Å². The number of hydrogen-bond acceptors (Lipinski definition) is 3. The fraction of sp³-hybridized carbons (Fsp3) is 0.500. The van der Waals surface area contributed by atoms with Crippen molar-refractivity contribution in [3.05, 3.63) is 35.4 Å². The van der Waals surface area contributed by atoms with Crippen LogP contribution in [0.2, 0.25) is 0 Å². The lowest BCUT2D eigenvalue weighted by Crippen LogP contribution is -2.26. The number of hydrogen-bond donors (Lipinski definition) is 2. The predicted octanol–water partition coefficient (Wildman–Crippen LogP) is 2.46. The molecule has 0 unspecified atom stereocenters. The molecule has 1 aliphatic rings. The zero-order valence-corrected chi connectivity index (χ0v) is 12.0. The van der Waals surface area contributed by atoms with E-state index in [0.717, 1.165) is 19.3 Å². The quantitative estimate of drug-likeness (QED) is 0.757. The van der Waals surface area contributed by atoms with Crippen molar-refractivity contribution < 1.29 is 19.4 Å². The molecule has 5 nitrogen and oxygen atoms in total. The van der Waals surface area contributed by atoms with Crippen LogP contribution in [0.4, 0.5) is 0 Å². The summed E-state index contributed by atoms with van der Waals surface area (Å²) in [6.45, 7) is 1.18. The molecule has 1 aromatic rings. The van der Waals surface area contributed by atoms with Gasteiger partial charge in [0.05, 0.1) is 11.7 Å². The van der Waals surface area contributed by atoms with Crippen molar-refractivity contribution >= 4 is 11.9 Å². The number of carbonyl (C=O) groups is 2. The van der Waals surface area contributed by atoms with Crippen molar-refractivity contribution in [1.29, 1.82) is 0 Å². The Labute approximate surface area is 124 Å². The summed E-state index contributed by atoms with van der Waals surface area (Å²) in [7, 11) is 0. The van der Waals surface area contributed by atoms with Crippen LogP contribution in [0.5, 0.6) is 0 Å². The molecule has 1 amide bonds. The van der Waals surface area contributed by atoms with E-state index in [1.54, 1.807) is 12.1 Å². The maximum Gasteiger partial charge on any atom is 0.335 e. The van der Waals surface area contributed by atoms with Crippen LogP contribution in [0.15, 0.2) is 24.3 Å². The van der Waals surface area contributed by atoms with E-state index in [0.29, 0.717) is 24.8 Å². The maximum atomic E-state index is 11.9. The molecular formula is C16H21NO4. The Morgan fingerprint density at radius 2 is 1.95 bits per heavy atom. The number of aromatic carboxylic acids is 1. The zero-order chi connectivity index (χ0) is 15.1. The Morgan fingerprint density at radius 1 is 1.24 bits per heavy atom. The van der Waals surface area contributed by atoms with Crippen molar-refractivity contribution in [3.8, 4) is 0 Å². The van der Waals surface area contributed by atoms with E-state index in [4.69, 9.17) is 9.84 Å². The Morgan fingerprint density at radius 3 is 2.67 bits per heavy atom. The summed E-state index contributed by atoms with van der Waals surface area (Å²) >= 11 is 0. The molecule has 21 heavy (non-hydrogen) atoms. The minimum Gasteiger partial charge on any atom is -0.478 e. The SMILES string of the molecule is O=C(O)c1cccc(C(=O)NCCCOC2CCCC2)c1. The van der Waals surface area contributed by atoms with Crippen LogP contribution in [0, 0.1) is 0 Å². The largest absolute Gasteiger partial charge is 0.478 e. The lowest BCUT2D eigenvalue weighted by molar-refractivity contribution is 0.0565. The van der Waals surface area contributed by atoms with Gasteiger partial charge in [0, 0.05) is 18.7 Å². The van der Waals surface area contributed by atoms with Crippen LogP contribution in [0.1, 0.15) is 52.8 Å². The van der Waals surface area contributed by atoms with Crippen LogP contribution >= 0.6 is 0 Å². The third kappa shape index (κ3) is 4.86. The molecule has 1 aromatic carbocycles. The van der Waals surface area contributed by atoms with Gasteiger partial charge in [-0.2, -0.15) is 0 Å². The normalized spacial score (nSPS) is 15.0. The predicted molar refractivity (Wildman–Crippen MR) is 78.6 cm³/mol. The van der Waals surface area contributed by atoms with Crippen molar-refractivity contribution in [2.75, 3.05) is 13.2 Å². The van der Waals surface area contributed by atoms with Gasteiger partial charge < -0.3 is 15.2 Å². The van der Waals surface area contributed by atoms with Gasteiger partial charge >= 0.3 is 5.97 Å². The summed E-state index contributed by atoms with van der Waals surface area (Å²) < 4.78 is 5.71. The number of carboxylic acids is 1. The van der Waals surface area contributed by atoms with Gasteiger partial charge in [0.15, 0.2) is 0 Å². The first-order chi connectivity index (χ1) is 10.2. The summed E-state index contributed by atoms with van der Waals surface area (Å²) in [5, 5.41) is 11.7. The third-order valence-corrected chi connectivity index (χ3v) is 3.63. The van der Waals surface area contributed by atoms with Gasteiger partial charge in [0.1, 0.15) is 0 Å². The van der Waals surface area contributed by atoms with E-state index in [2.05, 4.69) is 5.32 Å². The van der Waals surface area contributed by atoms with Crippen molar-refractivity contribution in [3.63, 3.8) is 0 Å². The lowest BCUT2D eigenvalue weighted by Gasteiger charge is -2.11. The van der Waals surface area contributed by atoms with Crippen LogP contribution in [0.3, 0.4) is 0 Å². The van der Waals surface area contributed by atoms with Gasteiger partial charge in [-0.3, -0.25) is 4.79 Å². The third-order valence-electron chi connectivity index (χ3n) is 3.63. The topological polar surface area (TPSA) is 75.6 Å². The highest BCUT2D eigenvalue weighted by atomic mass is 16.5. The summed E-state index contributed by atoms with van der Waals surface area (Å²) in [6, 6.07) is 6.03. The Bertz CT molecular complexity index is 495. The first kappa shape index (κ1) is 15.5. The average Bonchev–Trinajstić information content (AvgIpc) is 3.00.